The number of hydrogen-bond acceptors (Lipinski definition) is 1. The number of nitriles is 1. The van der Waals surface area contributed by atoms with Crippen molar-refractivity contribution in [3.8, 4) is 17.3 Å². The number of fused-ring (bicyclic) bond motifs is 1. The van der Waals surface area contributed by atoms with Gasteiger partial charge in [-0.3, -0.25) is 0 Å². The molecule has 33 heavy (non-hydrogen) atoms. The van der Waals surface area contributed by atoms with Gasteiger partial charge in [-0.2, -0.15) is 5.26 Å². The Balaban J connectivity index is 1.81. The minimum absolute atomic E-state index is 0.696. The maximum atomic E-state index is 9.40. The van der Waals surface area contributed by atoms with Crippen molar-refractivity contribution in [1.29, 1.82) is 5.26 Å². The molecular formula is C30H26N2P+. The lowest BCUT2D eigenvalue weighted by Gasteiger charge is -2.25. The SMILES string of the molecule is CCn1c(-c2ccccc2[P+](C)(c2ccccc2)c2ccccc2)cc2cc(C#N)ccc21. The van der Waals surface area contributed by atoms with Gasteiger partial charge in [-0.1, -0.05) is 48.5 Å². The van der Waals surface area contributed by atoms with Crippen LogP contribution in [0.1, 0.15) is 12.5 Å². The third-order valence-electron chi connectivity index (χ3n) is 6.55. The summed E-state index contributed by atoms with van der Waals surface area (Å²) in [6.07, 6.45) is 0. The van der Waals surface area contributed by atoms with Gasteiger partial charge in [0.1, 0.15) is 23.2 Å². The zero-order chi connectivity index (χ0) is 22.8. The molecule has 0 saturated heterocycles. The van der Waals surface area contributed by atoms with Gasteiger partial charge >= 0.3 is 0 Å². The summed E-state index contributed by atoms with van der Waals surface area (Å²) in [5, 5.41) is 14.6. The first-order chi connectivity index (χ1) is 16.2. The van der Waals surface area contributed by atoms with E-state index in [9.17, 15) is 5.26 Å². The van der Waals surface area contributed by atoms with Crippen molar-refractivity contribution >= 4 is 34.1 Å². The molecule has 5 aromatic rings. The van der Waals surface area contributed by atoms with Gasteiger partial charge in [0.25, 0.3) is 0 Å². The molecule has 0 spiro atoms. The van der Waals surface area contributed by atoms with E-state index in [1.807, 2.05) is 12.1 Å². The quantitative estimate of drug-likeness (QED) is 0.300. The molecule has 0 aliphatic carbocycles. The van der Waals surface area contributed by atoms with Crippen molar-refractivity contribution in [2.45, 2.75) is 13.5 Å². The van der Waals surface area contributed by atoms with E-state index >= 15 is 0 Å². The minimum atomic E-state index is -1.88. The molecular weight excluding hydrogens is 419 g/mol. The second-order valence-corrected chi connectivity index (χ2v) is 11.9. The molecule has 1 heterocycles. The highest BCUT2D eigenvalue weighted by Gasteiger charge is 2.42. The van der Waals surface area contributed by atoms with Crippen LogP contribution in [0.3, 0.4) is 0 Å². The molecule has 1 aromatic heterocycles. The number of aromatic nitrogens is 1. The van der Waals surface area contributed by atoms with Crippen LogP contribution in [0.2, 0.25) is 0 Å². The number of hydrogen-bond donors (Lipinski definition) is 0. The van der Waals surface area contributed by atoms with Crippen LogP contribution in [0.15, 0.2) is 109 Å². The maximum Gasteiger partial charge on any atom is 0.113 e. The van der Waals surface area contributed by atoms with Crippen LogP contribution in [-0.4, -0.2) is 11.2 Å². The van der Waals surface area contributed by atoms with Crippen LogP contribution in [0, 0.1) is 11.3 Å². The topological polar surface area (TPSA) is 28.7 Å². The van der Waals surface area contributed by atoms with Crippen molar-refractivity contribution in [3.05, 3.63) is 115 Å². The molecule has 0 amide bonds. The molecule has 0 saturated carbocycles. The summed E-state index contributed by atoms with van der Waals surface area (Å²) in [5.41, 5.74) is 4.33. The lowest BCUT2D eigenvalue weighted by atomic mass is 10.1. The molecule has 0 N–H and O–H groups in total. The summed E-state index contributed by atoms with van der Waals surface area (Å²) >= 11 is 0. The molecule has 0 unspecified atom stereocenters. The zero-order valence-electron chi connectivity index (χ0n) is 18.9. The van der Waals surface area contributed by atoms with E-state index in [2.05, 4.69) is 121 Å². The summed E-state index contributed by atoms with van der Waals surface area (Å²) in [6, 6.07) is 41.2. The molecule has 0 aliphatic rings. The first-order valence-corrected chi connectivity index (χ1v) is 13.5. The molecule has 3 heteroatoms. The highest BCUT2D eigenvalue weighted by atomic mass is 31.2. The fourth-order valence-electron chi connectivity index (χ4n) is 4.86. The van der Waals surface area contributed by atoms with Gasteiger partial charge in [-0.15, -0.1) is 0 Å². The second kappa shape index (κ2) is 8.70. The van der Waals surface area contributed by atoms with Crippen molar-refractivity contribution in [1.82, 2.24) is 4.57 Å². The average Bonchev–Trinajstić information content (AvgIpc) is 3.27. The molecule has 0 radical (unpaired) electrons. The van der Waals surface area contributed by atoms with E-state index < -0.39 is 7.26 Å². The third kappa shape index (κ3) is 3.56. The Hall–Kier alpha value is -3.66. The summed E-state index contributed by atoms with van der Waals surface area (Å²) in [4.78, 5) is 0. The minimum Gasteiger partial charge on any atom is -0.341 e. The number of rotatable bonds is 5. The van der Waals surface area contributed by atoms with E-state index in [-0.39, 0.29) is 0 Å². The number of aryl methyl sites for hydroxylation is 1. The Bertz CT molecular complexity index is 1420. The predicted molar refractivity (Wildman–Crippen MR) is 142 cm³/mol. The van der Waals surface area contributed by atoms with Crippen molar-refractivity contribution in [2.24, 2.45) is 0 Å². The third-order valence-corrected chi connectivity index (χ3v) is 10.6. The van der Waals surface area contributed by atoms with E-state index in [1.54, 1.807) is 0 Å². The standard InChI is InChI=1S/C30H26N2P/c1-3-32-28-19-18-23(22-31)20-24(28)21-29(32)27-16-10-11-17-30(27)33(2,25-12-6-4-7-13-25)26-14-8-5-9-15-26/h4-21H,3H2,1-2H3/q+1. The monoisotopic (exact) mass is 445 g/mol. The smallest absolute Gasteiger partial charge is 0.113 e. The van der Waals surface area contributed by atoms with Gasteiger partial charge in [0.05, 0.1) is 24.0 Å². The number of benzene rings is 4. The molecule has 4 aromatic carbocycles. The van der Waals surface area contributed by atoms with Gasteiger partial charge in [0.15, 0.2) is 0 Å². The summed E-state index contributed by atoms with van der Waals surface area (Å²) in [5.74, 6) is 0. The lowest BCUT2D eigenvalue weighted by molar-refractivity contribution is 0.806. The van der Waals surface area contributed by atoms with Crippen LogP contribution in [0.5, 0.6) is 0 Å². The van der Waals surface area contributed by atoms with Crippen LogP contribution >= 0.6 is 7.26 Å². The Kier molecular flexibility index (Phi) is 5.59. The van der Waals surface area contributed by atoms with Gasteiger partial charge in [0.2, 0.25) is 0 Å². The fraction of sp³-hybridized carbons (Fsp3) is 0.100. The first kappa shape index (κ1) is 21.2. The second-order valence-electron chi connectivity index (χ2n) is 8.35. The highest BCUT2D eigenvalue weighted by molar-refractivity contribution is 7.95. The van der Waals surface area contributed by atoms with Gasteiger partial charge in [-0.25, -0.2) is 0 Å². The fourth-order valence-corrected chi connectivity index (χ4v) is 8.31. The molecule has 0 fully saturated rings. The summed E-state index contributed by atoms with van der Waals surface area (Å²) in [7, 11) is -1.88. The molecule has 2 nitrogen and oxygen atoms in total. The predicted octanol–water partition coefficient (Wildman–Crippen LogP) is 6.12. The van der Waals surface area contributed by atoms with Crippen molar-refractivity contribution in [2.75, 3.05) is 6.66 Å². The van der Waals surface area contributed by atoms with E-state index in [4.69, 9.17) is 0 Å². The van der Waals surface area contributed by atoms with Crippen molar-refractivity contribution < 1.29 is 0 Å². The van der Waals surface area contributed by atoms with E-state index in [0.29, 0.717) is 5.56 Å². The first-order valence-electron chi connectivity index (χ1n) is 11.3. The van der Waals surface area contributed by atoms with Gasteiger partial charge in [-0.05, 0) is 67.6 Å². The van der Waals surface area contributed by atoms with Gasteiger partial charge < -0.3 is 4.57 Å². The van der Waals surface area contributed by atoms with Crippen LogP contribution < -0.4 is 15.9 Å². The van der Waals surface area contributed by atoms with Crippen molar-refractivity contribution in [3.63, 3.8) is 0 Å². The molecule has 5 rings (SSSR count). The van der Waals surface area contributed by atoms with Gasteiger partial charge in [0, 0.05) is 23.0 Å². The average molecular weight is 446 g/mol. The van der Waals surface area contributed by atoms with E-state index in [1.165, 1.54) is 32.7 Å². The van der Waals surface area contributed by atoms with Crippen LogP contribution in [0.4, 0.5) is 0 Å². The highest BCUT2D eigenvalue weighted by Crippen LogP contribution is 2.53. The maximum absolute atomic E-state index is 9.40. The van der Waals surface area contributed by atoms with Crippen LogP contribution in [-0.2, 0) is 6.54 Å². The molecule has 0 aliphatic heterocycles. The Morgan fingerprint density at radius 1 is 0.758 bits per heavy atom. The van der Waals surface area contributed by atoms with E-state index in [0.717, 1.165) is 11.9 Å². The molecule has 0 bridgehead atoms. The largest absolute Gasteiger partial charge is 0.341 e. The zero-order valence-corrected chi connectivity index (χ0v) is 19.8. The molecule has 160 valence electrons. The summed E-state index contributed by atoms with van der Waals surface area (Å²) < 4.78 is 2.37. The Morgan fingerprint density at radius 3 is 1.97 bits per heavy atom. The molecule has 0 atom stereocenters. The normalized spacial score (nSPS) is 11.4. The summed E-state index contributed by atoms with van der Waals surface area (Å²) in [6.45, 7) is 5.49. The Morgan fingerprint density at radius 2 is 1.36 bits per heavy atom. The number of nitrogens with zero attached hydrogens (tertiary/aromatic N) is 2. The van der Waals surface area contributed by atoms with Crippen LogP contribution in [0.25, 0.3) is 22.2 Å². The Labute approximate surface area is 196 Å². The lowest BCUT2D eigenvalue weighted by Crippen LogP contribution is -2.31.